The van der Waals surface area contributed by atoms with Gasteiger partial charge in [-0.1, -0.05) is 54.6 Å². The second-order valence-electron chi connectivity index (χ2n) is 3.69. The molecule has 1 unspecified atom stereocenters. The normalized spacial score (nSPS) is 11.6. The first-order chi connectivity index (χ1) is 7.81. The minimum absolute atomic E-state index is 0. The molecule has 90 valence electrons. The van der Waals surface area contributed by atoms with Crippen LogP contribution in [0.4, 0.5) is 0 Å². The molecule has 0 amide bonds. The Hall–Kier alpha value is -1.68. The Kier molecular flexibility index (Phi) is 4.84. The molecule has 2 rings (SSSR count). The summed E-state index contributed by atoms with van der Waals surface area (Å²) in [5.74, 6) is 0. The summed E-state index contributed by atoms with van der Waals surface area (Å²) in [6.07, 6.45) is -0.787. The highest BCUT2D eigenvalue weighted by Crippen LogP contribution is 2.21. The van der Waals surface area contributed by atoms with Gasteiger partial charge in [0.15, 0.2) is 0 Å². The number of benzene rings is 2. The number of rotatable bonds is 3. The Morgan fingerprint density at radius 1 is 0.824 bits per heavy atom. The van der Waals surface area contributed by atoms with Crippen molar-refractivity contribution in [2.75, 3.05) is 6.61 Å². The first-order valence-corrected chi connectivity index (χ1v) is 5.25. The Morgan fingerprint density at radius 3 is 1.88 bits per heavy atom. The molecule has 0 fully saturated rings. The van der Waals surface area contributed by atoms with E-state index < -0.39 is 6.10 Å². The highest BCUT2D eigenvalue weighted by atomic mass is 16.3. The molecule has 4 N–H and O–H groups in total. The van der Waals surface area contributed by atoms with Crippen molar-refractivity contribution in [1.82, 2.24) is 0 Å². The zero-order valence-electron chi connectivity index (χ0n) is 9.38. The molecule has 0 spiro atoms. The molecule has 0 radical (unpaired) electrons. The molecule has 2 aromatic rings. The molecule has 2 aromatic carbocycles. The summed E-state index contributed by atoms with van der Waals surface area (Å²) in [7, 11) is 0. The monoisotopic (exact) mass is 232 g/mol. The van der Waals surface area contributed by atoms with Crippen LogP contribution in [-0.2, 0) is 0 Å². The lowest BCUT2D eigenvalue weighted by Gasteiger charge is -2.08. The van der Waals surface area contributed by atoms with Crippen molar-refractivity contribution in [3.05, 3.63) is 60.2 Å². The van der Waals surface area contributed by atoms with Crippen LogP contribution in [0, 0.1) is 0 Å². The Labute approximate surface area is 100 Å². The third kappa shape index (κ3) is 3.14. The van der Waals surface area contributed by atoms with Crippen LogP contribution >= 0.6 is 0 Å². The summed E-state index contributed by atoms with van der Waals surface area (Å²) < 4.78 is 0. The van der Waals surface area contributed by atoms with E-state index in [1.54, 1.807) is 0 Å². The smallest absolute Gasteiger partial charge is 0.102 e. The summed E-state index contributed by atoms with van der Waals surface area (Å²) in [5.41, 5.74) is 2.99. The van der Waals surface area contributed by atoms with E-state index in [9.17, 15) is 5.11 Å². The van der Waals surface area contributed by atoms with Crippen LogP contribution in [0.25, 0.3) is 11.1 Å². The van der Waals surface area contributed by atoms with Crippen molar-refractivity contribution in [3.63, 3.8) is 0 Å². The maximum absolute atomic E-state index is 9.44. The van der Waals surface area contributed by atoms with Crippen molar-refractivity contribution < 1.29 is 15.7 Å². The highest BCUT2D eigenvalue weighted by molar-refractivity contribution is 5.63. The molecule has 0 bridgehead atoms. The molecule has 0 heterocycles. The van der Waals surface area contributed by atoms with Crippen LogP contribution in [0.3, 0.4) is 0 Å². The maximum Gasteiger partial charge on any atom is 0.102 e. The lowest BCUT2D eigenvalue weighted by Crippen LogP contribution is -2.01. The van der Waals surface area contributed by atoms with Crippen LogP contribution in [0.1, 0.15) is 11.7 Å². The van der Waals surface area contributed by atoms with Crippen LogP contribution in [0.2, 0.25) is 0 Å². The molecule has 0 saturated heterocycles. The summed E-state index contributed by atoms with van der Waals surface area (Å²) in [5, 5.41) is 18.3. The van der Waals surface area contributed by atoms with Gasteiger partial charge >= 0.3 is 0 Å². The molecule has 3 heteroatoms. The van der Waals surface area contributed by atoms with E-state index in [0.29, 0.717) is 0 Å². The first kappa shape index (κ1) is 13.4. The van der Waals surface area contributed by atoms with Gasteiger partial charge in [0.2, 0.25) is 0 Å². The number of hydrogen-bond donors (Lipinski definition) is 2. The Bertz CT molecular complexity index is 437. The minimum atomic E-state index is -0.787. The van der Waals surface area contributed by atoms with Gasteiger partial charge in [0.25, 0.3) is 0 Å². The van der Waals surface area contributed by atoms with Gasteiger partial charge in [0.05, 0.1) is 6.61 Å². The van der Waals surface area contributed by atoms with Gasteiger partial charge in [-0.2, -0.15) is 0 Å². The van der Waals surface area contributed by atoms with E-state index in [4.69, 9.17) is 5.11 Å². The molecule has 3 nitrogen and oxygen atoms in total. The van der Waals surface area contributed by atoms with Crippen LogP contribution < -0.4 is 0 Å². The predicted molar refractivity (Wildman–Crippen MR) is 67.5 cm³/mol. The van der Waals surface area contributed by atoms with E-state index in [1.807, 2.05) is 54.6 Å². The molecular weight excluding hydrogens is 216 g/mol. The van der Waals surface area contributed by atoms with E-state index in [1.165, 1.54) is 0 Å². The van der Waals surface area contributed by atoms with Gasteiger partial charge in [0.1, 0.15) is 6.10 Å². The topological polar surface area (TPSA) is 72.0 Å². The van der Waals surface area contributed by atoms with Crippen molar-refractivity contribution in [2.24, 2.45) is 0 Å². The van der Waals surface area contributed by atoms with Gasteiger partial charge in [0, 0.05) is 0 Å². The molecule has 0 aliphatic heterocycles. The van der Waals surface area contributed by atoms with Gasteiger partial charge in [-0.25, -0.2) is 0 Å². The maximum atomic E-state index is 9.44. The lowest BCUT2D eigenvalue weighted by molar-refractivity contribution is 0.0956. The molecule has 0 aromatic heterocycles. The third-order valence-corrected chi connectivity index (χ3v) is 2.58. The first-order valence-electron chi connectivity index (χ1n) is 5.25. The number of aliphatic hydroxyl groups excluding tert-OH is 2. The van der Waals surface area contributed by atoms with Crippen LogP contribution in [0.15, 0.2) is 54.6 Å². The van der Waals surface area contributed by atoms with Gasteiger partial charge < -0.3 is 15.7 Å². The van der Waals surface area contributed by atoms with Gasteiger partial charge in [-0.15, -0.1) is 0 Å². The van der Waals surface area contributed by atoms with Gasteiger partial charge in [-0.05, 0) is 16.7 Å². The second kappa shape index (κ2) is 6.15. The number of hydrogen-bond acceptors (Lipinski definition) is 2. The highest BCUT2D eigenvalue weighted by Gasteiger charge is 2.05. The van der Waals surface area contributed by atoms with Crippen molar-refractivity contribution in [1.29, 1.82) is 0 Å². The standard InChI is InChI=1S/C14H14O2.H2O/c15-10-14(16)13-8-6-12(7-9-13)11-4-2-1-3-5-11;/h1-9,14-16H,10H2;1H2. The zero-order valence-corrected chi connectivity index (χ0v) is 9.38. The quantitative estimate of drug-likeness (QED) is 0.842. The predicted octanol–water partition coefficient (Wildman–Crippen LogP) is 1.55. The lowest BCUT2D eigenvalue weighted by atomic mass is 10.0. The zero-order chi connectivity index (χ0) is 11.4. The molecule has 0 saturated carbocycles. The average molecular weight is 232 g/mol. The molecule has 1 atom stereocenters. The Balaban J connectivity index is 0.00000144. The molecule has 17 heavy (non-hydrogen) atoms. The summed E-state index contributed by atoms with van der Waals surface area (Å²) in [6.45, 7) is -0.245. The van der Waals surface area contributed by atoms with Crippen LogP contribution in [-0.4, -0.2) is 22.3 Å². The Morgan fingerprint density at radius 2 is 1.35 bits per heavy atom. The molecule has 0 aliphatic rings. The fourth-order valence-corrected chi connectivity index (χ4v) is 1.63. The van der Waals surface area contributed by atoms with E-state index in [0.717, 1.165) is 16.7 Å². The van der Waals surface area contributed by atoms with E-state index in [2.05, 4.69) is 0 Å². The largest absolute Gasteiger partial charge is 0.412 e. The van der Waals surface area contributed by atoms with Crippen molar-refractivity contribution in [2.45, 2.75) is 6.10 Å². The summed E-state index contributed by atoms with van der Waals surface area (Å²) in [4.78, 5) is 0. The fourth-order valence-electron chi connectivity index (χ4n) is 1.63. The van der Waals surface area contributed by atoms with E-state index >= 15 is 0 Å². The third-order valence-electron chi connectivity index (χ3n) is 2.58. The minimum Gasteiger partial charge on any atom is -0.412 e. The van der Waals surface area contributed by atoms with Crippen molar-refractivity contribution >= 4 is 0 Å². The molecule has 0 aliphatic carbocycles. The average Bonchev–Trinajstić information content (AvgIpc) is 2.39. The van der Waals surface area contributed by atoms with Crippen molar-refractivity contribution in [3.8, 4) is 11.1 Å². The second-order valence-corrected chi connectivity index (χ2v) is 3.69. The fraction of sp³-hybridized carbons (Fsp3) is 0.143. The number of aliphatic hydroxyl groups is 2. The SMILES string of the molecule is O.OCC(O)c1ccc(-c2ccccc2)cc1. The van der Waals surface area contributed by atoms with Crippen LogP contribution in [0.5, 0.6) is 0 Å². The van der Waals surface area contributed by atoms with Gasteiger partial charge in [-0.3, -0.25) is 0 Å². The molecular formula is C14H16O3. The summed E-state index contributed by atoms with van der Waals surface area (Å²) in [6, 6.07) is 17.6. The van der Waals surface area contributed by atoms with E-state index in [-0.39, 0.29) is 12.1 Å². The summed E-state index contributed by atoms with van der Waals surface area (Å²) >= 11 is 0.